The van der Waals surface area contributed by atoms with Gasteiger partial charge in [0.2, 0.25) is 5.95 Å². The number of anilines is 1. The molecule has 1 heterocycles. The van der Waals surface area contributed by atoms with Crippen molar-refractivity contribution in [3.8, 4) is 5.69 Å². The molecule has 5 heteroatoms. The molecule has 0 unspecified atom stereocenters. The van der Waals surface area contributed by atoms with Crippen LogP contribution in [0, 0.1) is 6.92 Å². The first kappa shape index (κ1) is 13.0. The van der Waals surface area contributed by atoms with E-state index in [4.69, 9.17) is 23.2 Å². The van der Waals surface area contributed by atoms with Crippen molar-refractivity contribution >= 4 is 29.2 Å². The Hall–Kier alpha value is -1.45. The zero-order valence-corrected chi connectivity index (χ0v) is 11.5. The summed E-state index contributed by atoms with van der Waals surface area (Å²) in [4.78, 5) is 4.23. The Morgan fingerprint density at radius 3 is 2.89 bits per heavy atom. The van der Waals surface area contributed by atoms with Gasteiger partial charge >= 0.3 is 0 Å². The lowest BCUT2D eigenvalue weighted by Gasteiger charge is -2.11. The topological polar surface area (TPSA) is 29.9 Å². The molecule has 1 aromatic heterocycles. The van der Waals surface area contributed by atoms with E-state index in [1.54, 1.807) is 12.3 Å². The van der Waals surface area contributed by atoms with Gasteiger partial charge in [0.1, 0.15) is 0 Å². The van der Waals surface area contributed by atoms with Crippen LogP contribution in [0.3, 0.4) is 0 Å². The van der Waals surface area contributed by atoms with Crippen LogP contribution in [-0.2, 0) is 0 Å². The van der Waals surface area contributed by atoms with Gasteiger partial charge in [-0.15, -0.1) is 6.58 Å². The number of nitrogens with one attached hydrogen (secondary N) is 1. The SMILES string of the molecule is C=CCNc1nccn1-c1cc(Cl)c(C)cc1Cl. The minimum atomic E-state index is 0.633. The number of imidazole rings is 1. The highest BCUT2D eigenvalue weighted by Crippen LogP contribution is 2.29. The van der Waals surface area contributed by atoms with Gasteiger partial charge in [-0.3, -0.25) is 4.57 Å². The molecule has 94 valence electrons. The summed E-state index contributed by atoms with van der Waals surface area (Å²) in [6, 6.07) is 3.68. The van der Waals surface area contributed by atoms with Crippen LogP contribution in [0.1, 0.15) is 5.56 Å². The summed E-state index contributed by atoms with van der Waals surface area (Å²) in [6.45, 7) is 6.21. The average molecular weight is 282 g/mol. The molecule has 0 fully saturated rings. The zero-order chi connectivity index (χ0) is 13.1. The molecule has 0 aliphatic heterocycles. The van der Waals surface area contributed by atoms with E-state index in [1.807, 2.05) is 29.8 Å². The van der Waals surface area contributed by atoms with Gasteiger partial charge in [0.15, 0.2) is 0 Å². The first-order chi connectivity index (χ1) is 8.63. The minimum Gasteiger partial charge on any atom is -0.352 e. The molecule has 0 amide bonds. The van der Waals surface area contributed by atoms with Gasteiger partial charge in [0.25, 0.3) is 0 Å². The van der Waals surface area contributed by atoms with Crippen molar-refractivity contribution in [1.82, 2.24) is 9.55 Å². The molecule has 2 aromatic rings. The second-order valence-electron chi connectivity index (χ2n) is 3.84. The molecule has 1 N–H and O–H groups in total. The molecule has 0 saturated heterocycles. The summed E-state index contributed by atoms with van der Waals surface area (Å²) in [5.74, 6) is 0.705. The summed E-state index contributed by atoms with van der Waals surface area (Å²) in [6.07, 6.45) is 5.30. The van der Waals surface area contributed by atoms with Crippen molar-refractivity contribution in [2.45, 2.75) is 6.92 Å². The molecule has 0 atom stereocenters. The van der Waals surface area contributed by atoms with Crippen LogP contribution >= 0.6 is 23.2 Å². The van der Waals surface area contributed by atoms with Gasteiger partial charge in [0.05, 0.1) is 10.7 Å². The molecular formula is C13H13Cl2N3. The lowest BCUT2D eigenvalue weighted by molar-refractivity contribution is 1.04. The fraction of sp³-hybridized carbons (Fsp3) is 0.154. The Morgan fingerprint density at radius 2 is 2.17 bits per heavy atom. The van der Waals surface area contributed by atoms with Crippen LogP contribution in [0.4, 0.5) is 5.95 Å². The first-order valence-corrected chi connectivity index (χ1v) is 6.23. The smallest absolute Gasteiger partial charge is 0.207 e. The van der Waals surface area contributed by atoms with Gasteiger partial charge in [0, 0.05) is 24.0 Å². The van der Waals surface area contributed by atoms with Crippen molar-refractivity contribution < 1.29 is 0 Å². The van der Waals surface area contributed by atoms with E-state index in [0.717, 1.165) is 11.3 Å². The Morgan fingerprint density at radius 1 is 1.39 bits per heavy atom. The van der Waals surface area contributed by atoms with Crippen molar-refractivity contribution in [2.75, 3.05) is 11.9 Å². The van der Waals surface area contributed by atoms with Gasteiger partial charge < -0.3 is 5.32 Å². The molecule has 1 aromatic carbocycles. The number of nitrogens with zero attached hydrogens (tertiary/aromatic N) is 2. The van der Waals surface area contributed by atoms with Crippen molar-refractivity contribution in [1.29, 1.82) is 0 Å². The Kier molecular flexibility index (Phi) is 3.94. The van der Waals surface area contributed by atoms with Crippen LogP contribution in [0.2, 0.25) is 10.0 Å². The molecule has 2 rings (SSSR count). The maximum atomic E-state index is 6.24. The molecule has 0 aliphatic carbocycles. The Balaban J connectivity index is 2.45. The van der Waals surface area contributed by atoms with Crippen LogP contribution in [0.5, 0.6) is 0 Å². The first-order valence-electron chi connectivity index (χ1n) is 5.47. The molecule has 0 saturated carbocycles. The molecule has 0 radical (unpaired) electrons. The maximum absolute atomic E-state index is 6.24. The van der Waals surface area contributed by atoms with Gasteiger partial charge in [-0.05, 0) is 24.6 Å². The molecule has 3 nitrogen and oxygen atoms in total. The van der Waals surface area contributed by atoms with Crippen molar-refractivity contribution in [3.63, 3.8) is 0 Å². The van der Waals surface area contributed by atoms with Crippen molar-refractivity contribution in [2.24, 2.45) is 0 Å². The van der Waals surface area contributed by atoms with E-state index < -0.39 is 0 Å². The number of rotatable bonds is 4. The molecule has 0 bridgehead atoms. The fourth-order valence-corrected chi connectivity index (χ4v) is 2.08. The van der Waals surface area contributed by atoms with E-state index >= 15 is 0 Å². The van der Waals surface area contributed by atoms with Crippen LogP contribution in [0.25, 0.3) is 5.69 Å². The summed E-state index contributed by atoms with van der Waals surface area (Å²) in [5, 5.41) is 4.45. The zero-order valence-electron chi connectivity index (χ0n) is 9.95. The standard InChI is InChI=1S/C13H13Cl2N3/c1-3-4-16-13-17-5-6-18(13)12-8-10(14)9(2)7-11(12)15/h3,5-8H,1,4H2,2H3,(H,16,17). The largest absolute Gasteiger partial charge is 0.352 e. The maximum Gasteiger partial charge on any atom is 0.207 e. The van der Waals surface area contributed by atoms with Gasteiger partial charge in [-0.25, -0.2) is 4.98 Å². The van der Waals surface area contributed by atoms with Gasteiger partial charge in [-0.2, -0.15) is 0 Å². The summed E-state index contributed by atoms with van der Waals surface area (Å²) in [5.41, 5.74) is 1.75. The summed E-state index contributed by atoms with van der Waals surface area (Å²) in [7, 11) is 0. The predicted molar refractivity (Wildman–Crippen MR) is 77.0 cm³/mol. The third-order valence-corrected chi connectivity index (χ3v) is 3.24. The van der Waals surface area contributed by atoms with E-state index in [1.165, 1.54) is 0 Å². The number of halogens is 2. The van der Waals surface area contributed by atoms with E-state index in [-0.39, 0.29) is 0 Å². The quantitative estimate of drug-likeness (QED) is 0.856. The number of hydrogen-bond acceptors (Lipinski definition) is 2. The molecule has 18 heavy (non-hydrogen) atoms. The van der Waals surface area contributed by atoms with Crippen LogP contribution < -0.4 is 5.32 Å². The molecule has 0 aliphatic rings. The monoisotopic (exact) mass is 281 g/mol. The number of aryl methyl sites for hydroxylation is 1. The Labute approximate surface area is 116 Å². The van der Waals surface area contributed by atoms with E-state index in [2.05, 4.69) is 16.9 Å². The molecule has 0 spiro atoms. The molecular weight excluding hydrogens is 269 g/mol. The fourth-order valence-electron chi connectivity index (χ4n) is 1.61. The number of hydrogen-bond donors (Lipinski definition) is 1. The van der Waals surface area contributed by atoms with Crippen LogP contribution in [-0.4, -0.2) is 16.1 Å². The normalized spacial score (nSPS) is 10.4. The third-order valence-electron chi connectivity index (χ3n) is 2.53. The second kappa shape index (κ2) is 5.46. The average Bonchev–Trinajstić information content (AvgIpc) is 2.79. The number of aromatic nitrogens is 2. The summed E-state index contributed by atoms with van der Waals surface area (Å²) < 4.78 is 1.86. The van der Waals surface area contributed by atoms with E-state index in [0.29, 0.717) is 22.5 Å². The predicted octanol–water partition coefficient (Wildman–Crippen LogP) is 4.09. The minimum absolute atomic E-state index is 0.633. The highest BCUT2D eigenvalue weighted by atomic mass is 35.5. The number of benzene rings is 1. The summed E-state index contributed by atoms with van der Waals surface area (Å²) >= 11 is 12.4. The lowest BCUT2D eigenvalue weighted by atomic mass is 10.2. The second-order valence-corrected chi connectivity index (χ2v) is 4.66. The van der Waals surface area contributed by atoms with Gasteiger partial charge in [-0.1, -0.05) is 29.3 Å². The highest BCUT2D eigenvalue weighted by molar-refractivity contribution is 6.35. The highest BCUT2D eigenvalue weighted by Gasteiger charge is 2.10. The third kappa shape index (κ3) is 2.52. The van der Waals surface area contributed by atoms with Crippen molar-refractivity contribution in [3.05, 3.63) is 52.8 Å². The van der Waals surface area contributed by atoms with E-state index in [9.17, 15) is 0 Å². The van der Waals surface area contributed by atoms with Crippen LogP contribution in [0.15, 0.2) is 37.2 Å². The lowest BCUT2D eigenvalue weighted by Crippen LogP contribution is -2.06. The Bertz CT molecular complexity index is 576.